The number of aromatic nitrogens is 1. The molecule has 0 unspecified atom stereocenters. The summed E-state index contributed by atoms with van der Waals surface area (Å²) in [5.74, 6) is 0.206. The number of hydrogen-bond acceptors (Lipinski definition) is 4. The van der Waals surface area contributed by atoms with Crippen LogP contribution in [0.1, 0.15) is 5.69 Å². The molecule has 0 atom stereocenters. The summed E-state index contributed by atoms with van der Waals surface area (Å²) < 4.78 is 42.7. The molecule has 4 nitrogen and oxygen atoms in total. The van der Waals surface area contributed by atoms with Crippen LogP contribution in [0.4, 0.5) is 24.7 Å². The van der Waals surface area contributed by atoms with Gasteiger partial charge in [0.1, 0.15) is 11.5 Å². The molecule has 1 aromatic rings. The molecule has 2 rings (SSSR count). The number of ether oxygens (including phenoxy) is 1. The summed E-state index contributed by atoms with van der Waals surface area (Å²) in [4.78, 5) is 3.54. The van der Waals surface area contributed by atoms with Gasteiger partial charge in [-0.15, -0.1) is 0 Å². The third-order valence-corrected chi connectivity index (χ3v) is 2.39. The average Bonchev–Trinajstić information content (AvgIpc) is 2.22. The molecule has 0 amide bonds. The first-order valence-electron chi connectivity index (χ1n) is 5.10. The molecule has 1 saturated heterocycles. The quantitative estimate of drug-likeness (QED) is 0.857. The number of alkyl halides is 3. The average molecular weight is 247 g/mol. The van der Waals surface area contributed by atoms with Crippen molar-refractivity contribution in [2.75, 3.05) is 30.9 Å². The summed E-state index contributed by atoms with van der Waals surface area (Å²) >= 11 is 0. The summed E-state index contributed by atoms with van der Waals surface area (Å²) in [6, 6.07) is 2.55. The maximum atomic E-state index is 12.6. The van der Waals surface area contributed by atoms with Crippen molar-refractivity contribution < 1.29 is 17.9 Å². The van der Waals surface area contributed by atoms with Crippen LogP contribution in [-0.4, -0.2) is 31.3 Å². The van der Waals surface area contributed by atoms with Crippen LogP contribution in [-0.2, 0) is 10.9 Å². The van der Waals surface area contributed by atoms with Crippen molar-refractivity contribution in [3.63, 3.8) is 0 Å². The zero-order chi connectivity index (χ0) is 12.5. The van der Waals surface area contributed by atoms with E-state index in [1.54, 1.807) is 7.05 Å². The van der Waals surface area contributed by atoms with Gasteiger partial charge in [0.25, 0.3) is 0 Å². The van der Waals surface area contributed by atoms with Crippen molar-refractivity contribution in [3.05, 3.63) is 17.8 Å². The van der Waals surface area contributed by atoms with Crippen LogP contribution in [0, 0.1) is 0 Å². The molecule has 1 fully saturated rings. The standard InChI is InChI=1S/C10H12F3N3O/c1-14-6-2-8(10(11,12)13)16-9(3-6)15-7-4-17-5-7/h2-3,7H,4-5H2,1H3,(H2,14,15,16). The van der Waals surface area contributed by atoms with Crippen LogP contribution >= 0.6 is 0 Å². The first-order chi connectivity index (χ1) is 7.99. The lowest BCUT2D eigenvalue weighted by molar-refractivity contribution is -0.141. The SMILES string of the molecule is CNc1cc(NC2COC2)nc(C(F)(F)F)c1. The molecule has 1 aromatic heterocycles. The minimum atomic E-state index is -4.45. The second-order valence-electron chi connectivity index (χ2n) is 3.75. The summed E-state index contributed by atoms with van der Waals surface area (Å²) in [5, 5.41) is 5.57. The molecular formula is C10H12F3N3O. The van der Waals surface area contributed by atoms with Crippen molar-refractivity contribution in [1.29, 1.82) is 0 Å². The lowest BCUT2D eigenvalue weighted by atomic mass is 10.2. The van der Waals surface area contributed by atoms with Crippen LogP contribution in [0.25, 0.3) is 0 Å². The maximum absolute atomic E-state index is 12.6. The summed E-state index contributed by atoms with van der Waals surface area (Å²) in [6.07, 6.45) is -4.45. The zero-order valence-corrected chi connectivity index (χ0v) is 9.14. The van der Waals surface area contributed by atoms with Crippen molar-refractivity contribution in [3.8, 4) is 0 Å². The minimum absolute atomic E-state index is 0.0377. The van der Waals surface area contributed by atoms with Gasteiger partial charge in [-0.25, -0.2) is 4.98 Å². The Bertz CT molecular complexity index is 404. The summed E-state index contributed by atoms with van der Waals surface area (Å²) in [7, 11) is 1.56. The van der Waals surface area contributed by atoms with E-state index in [4.69, 9.17) is 4.74 Å². The molecule has 17 heavy (non-hydrogen) atoms. The van der Waals surface area contributed by atoms with Crippen LogP contribution < -0.4 is 10.6 Å². The van der Waals surface area contributed by atoms with Crippen molar-refractivity contribution >= 4 is 11.5 Å². The predicted octanol–water partition coefficient (Wildman–Crippen LogP) is 1.95. The number of halogens is 3. The third-order valence-electron chi connectivity index (χ3n) is 2.39. The van der Waals surface area contributed by atoms with Crippen LogP contribution in [0.2, 0.25) is 0 Å². The van der Waals surface area contributed by atoms with Crippen molar-refractivity contribution in [1.82, 2.24) is 4.98 Å². The van der Waals surface area contributed by atoms with Gasteiger partial charge in [0.15, 0.2) is 0 Å². The highest BCUT2D eigenvalue weighted by atomic mass is 19.4. The predicted molar refractivity (Wildman–Crippen MR) is 57.0 cm³/mol. The Balaban J connectivity index is 2.24. The Labute approximate surface area is 96.2 Å². The van der Waals surface area contributed by atoms with Gasteiger partial charge in [-0.2, -0.15) is 13.2 Å². The van der Waals surface area contributed by atoms with Crippen molar-refractivity contribution in [2.45, 2.75) is 12.2 Å². The molecular weight excluding hydrogens is 235 g/mol. The lowest BCUT2D eigenvalue weighted by Gasteiger charge is -2.27. The molecule has 1 aliphatic rings. The maximum Gasteiger partial charge on any atom is 0.433 e. The number of anilines is 2. The van der Waals surface area contributed by atoms with Gasteiger partial charge < -0.3 is 15.4 Å². The molecule has 0 spiro atoms. The highest BCUT2D eigenvalue weighted by molar-refractivity contribution is 5.54. The smallest absolute Gasteiger partial charge is 0.388 e. The largest absolute Gasteiger partial charge is 0.433 e. The molecule has 0 radical (unpaired) electrons. The number of pyridine rings is 1. The fourth-order valence-corrected chi connectivity index (χ4v) is 1.42. The Morgan fingerprint density at radius 3 is 2.53 bits per heavy atom. The molecule has 0 saturated carbocycles. The summed E-state index contributed by atoms with van der Waals surface area (Å²) in [5.41, 5.74) is -0.540. The molecule has 0 aromatic carbocycles. The third kappa shape index (κ3) is 2.79. The van der Waals surface area contributed by atoms with Gasteiger partial charge in [0, 0.05) is 18.8 Å². The van der Waals surface area contributed by atoms with E-state index in [2.05, 4.69) is 15.6 Å². The second-order valence-corrected chi connectivity index (χ2v) is 3.75. The lowest BCUT2D eigenvalue weighted by Crippen LogP contribution is -2.40. The second kappa shape index (κ2) is 4.40. The van der Waals surface area contributed by atoms with E-state index in [-0.39, 0.29) is 11.9 Å². The van der Waals surface area contributed by atoms with E-state index < -0.39 is 11.9 Å². The highest BCUT2D eigenvalue weighted by Gasteiger charge is 2.33. The minimum Gasteiger partial charge on any atom is -0.388 e. The van der Waals surface area contributed by atoms with E-state index in [1.165, 1.54) is 6.07 Å². The van der Waals surface area contributed by atoms with Crippen LogP contribution in [0.5, 0.6) is 0 Å². The molecule has 0 bridgehead atoms. The van der Waals surface area contributed by atoms with Crippen LogP contribution in [0.3, 0.4) is 0 Å². The normalized spacial score (nSPS) is 16.5. The van der Waals surface area contributed by atoms with E-state index in [9.17, 15) is 13.2 Å². The molecule has 2 heterocycles. The number of rotatable bonds is 3. The van der Waals surface area contributed by atoms with Gasteiger partial charge >= 0.3 is 6.18 Å². The van der Waals surface area contributed by atoms with E-state index in [0.29, 0.717) is 18.9 Å². The van der Waals surface area contributed by atoms with Gasteiger partial charge in [-0.05, 0) is 6.07 Å². The van der Waals surface area contributed by atoms with Gasteiger partial charge in [0.05, 0.1) is 19.3 Å². The van der Waals surface area contributed by atoms with Gasteiger partial charge in [-0.3, -0.25) is 0 Å². The topological polar surface area (TPSA) is 46.2 Å². The first-order valence-corrected chi connectivity index (χ1v) is 5.10. The monoisotopic (exact) mass is 247 g/mol. The fourth-order valence-electron chi connectivity index (χ4n) is 1.42. The first kappa shape index (κ1) is 12.0. The van der Waals surface area contributed by atoms with Crippen LogP contribution in [0.15, 0.2) is 12.1 Å². The Morgan fingerprint density at radius 1 is 1.35 bits per heavy atom. The fraction of sp³-hybridized carbons (Fsp3) is 0.500. The molecule has 2 N–H and O–H groups in total. The van der Waals surface area contributed by atoms with Gasteiger partial charge in [-0.1, -0.05) is 0 Å². The van der Waals surface area contributed by atoms with E-state index in [1.807, 2.05) is 0 Å². The van der Waals surface area contributed by atoms with E-state index in [0.717, 1.165) is 6.07 Å². The number of nitrogens with one attached hydrogen (secondary N) is 2. The Hall–Kier alpha value is -1.50. The number of hydrogen-bond donors (Lipinski definition) is 2. The Morgan fingerprint density at radius 2 is 2.06 bits per heavy atom. The summed E-state index contributed by atoms with van der Waals surface area (Å²) in [6.45, 7) is 0.986. The van der Waals surface area contributed by atoms with Gasteiger partial charge in [0.2, 0.25) is 0 Å². The molecule has 1 aliphatic heterocycles. The molecule has 94 valence electrons. The Kier molecular flexibility index (Phi) is 3.10. The molecule has 7 heteroatoms. The van der Waals surface area contributed by atoms with E-state index >= 15 is 0 Å². The molecule has 0 aliphatic carbocycles. The number of nitrogens with zero attached hydrogens (tertiary/aromatic N) is 1. The van der Waals surface area contributed by atoms with Crippen molar-refractivity contribution in [2.24, 2.45) is 0 Å². The zero-order valence-electron chi connectivity index (χ0n) is 9.14. The highest BCUT2D eigenvalue weighted by Crippen LogP contribution is 2.31.